The molecule has 0 unspecified atom stereocenters. The van der Waals surface area contributed by atoms with Crippen molar-refractivity contribution in [2.24, 2.45) is 0 Å². The molecule has 5 rings (SSSR count). The lowest BCUT2D eigenvalue weighted by molar-refractivity contribution is -0.00156. The van der Waals surface area contributed by atoms with Crippen molar-refractivity contribution in [1.29, 1.82) is 0 Å². The van der Waals surface area contributed by atoms with Crippen molar-refractivity contribution in [3.05, 3.63) is 77.1 Å². The third-order valence-electron chi connectivity index (χ3n) is 7.48. The topological polar surface area (TPSA) is 49.2 Å². The highest BCUT2D eigenvalue weighted by Gasteiger charge is 2.49. The third kappa shape index (κ3) is 4.03. The van der Waals surface area contributed by atoms with Gasteiger partial charge in [0.15, 0.2) is 0 Å². The summed E-state index contributed by atoms with van der Waals surface area (Å²) >= 11 is 0. The van der Waals surface area contributed by atoms with Gasteiger partial charge in [0.2, 0.25) is 0 Å². The van der Waals surface area contributed by atoms with E-state index in [2.05, 4.69) is 39.0 Å². The highest BCUT2D eigenvalue weighted by molar-refractivity contribution is 5.31. The second-order valence-corrected chi connectivity index (χ2v) is 9.45. The first-order valence-corrected chi connectivity index (χ1v) is 11.5. The summed E-state index contributed by atoms with van der Waals surface area (Å²) in [5.41, 5.74) is 2.80. The zero-order valence-electron chi connectivity index (χ0n) is 18.8. The molecule has 2 heterocycles. The van der Waals surface area contributed by atoms with Gasteiger partial charge in [0, 0.05) is 5.41 Å². The maximum atomic E-state index is 13.3. The van der Waals surface area contributed by atoms with Crippen LogP contribution in [0.4, 0.5) is 8.78 Å². The van der Waals surface area contributed by atoms with Crippen molar-refractivity contribution in [3.63, 3.8) is 0 Å². The quantitative estimate of drug-likeness (QED) is 0.468. The van der Waals surface area contributed by atoms with Crippen LogP contribution in [0.1, 0.15) is 61.0 Å². The van der Waals surface area contributed by atoms with E-state index in [1.165, 1.54) is 5.56 Å². The van der Waals surface area contributed by atoms with Gasteiger partial charge in [-0.2, -0.15) is 0 Å². The number of nitrogens with zero attached hydrogens (tertiary/aromatic N) is 3. The monoisotopic (exact) mass is 453 g/mol. The molecule has 1 aliphatic carbocycles. The highest BCUT2D eigenvalue weighted by atomic mass is 19.1. The number of aromatic nitrogens is 3. The first kappa shape index (κ1) is 22.0. The van der Waals surface area contributed by atoms with E-state index >= 15 is 0 Å². The maximum Gasteiger partial charge on any atom is 0.317 e. The van der Waals surface area contributed by atoms with Crippen LogP contribution in [0, 0.1) is 0 Å². The fourth-order valence-corrected chi connectivity index (χ4v) is 5.36. The van der Waals surface area contributed by atoms with Crippen LogP contribution in [0.2, 0.25) is 0 Å². The SMILES string of the molecule is C[C@@H](OCC1(c2ccccc2)CCC2(CC1)COc1nncn12)c1cc(CF)cc(CF)c1. The molecule has 1 fully saturated rings. The second kappa shape index (κ2) is 8.86. The van der Waals surface area contributed by atoms with Gasteiger partial charge in [-0.25, -0.2) is 8.78 Å². The Morgan fingerprint density at radius 3 is 2.39 bits per heavy atom. The molecule has 7 heteroatoms. The minimum Gasteiger partial charge on any atom is -0.461 e. The summed E-state index contributed by atoms with van der Waals surface area (Å²) in [6, 6.07) is 16.2. The van der Waals surface area contributed by atoms with Crippen molar-refractivity contribution < 1.29 is 18.3 Å². The van der Waals surface area contributed by atoms with Crippen LogP contribution in [-0.4, -0.2) is 28.0 Å². The van der Waals surface area contributed by atoms with E-state index in [1.54, 1.807) is 24.5 Å². The fourth-order valence-electron chi connectivity index (χ4n) is 5.36. The van der Waals surface area contributed by atoms with Crippen LogP contribution in [0.5, 0.6) is 6.01 Å². The molecular weight excluding hydrogens is 424 g/mol. The van der Waals surface area contributed by atoms with Gasteiger partial charge in [-0.05, 0) is 54.9 Å². The lowest BCUT2D eigenvalue weighted by Crippen LogP contribution is -2.45. The maximum absolute atomic E-state index is 13.3. The summed E-state index contributed by atoms with van der Waals surface area (Å²) in [5, 5.41) is 8.09. The number of benzene rings is 2. The van der Waals surface area contributed by atoms with Gasteiger partial charge in [0.05, 0.1) is 18.2 Å². The van der Waals surface area contributed by atoms with Crippen molar-refractivity contribution in [3.8, 4) is 6.01 Å². The Morgan fingerprint density at radius 1 is 1.03 bits per heavy atom. The summed E-state index contributed by atoms with van der Waals surface area (Å²) in [6.45, 7) is 1.89. The summed E-state index contributed by atoms with van der Waals surface area (Å²) in [4.78, 5) is 0. The average molecular weight is 454 g/mol. The van der Waals surface area contributed by atoms with Crippen molar-refractivity contribution in [1.82, 2.24) is 14.8 Å². The zero-order chi connectivity index (χ0) is 22.9. The molecule has 0 radical (unpaired) electrons. The molecule has 2 aliphatic rings. The Bertz CT molecular complexity index is 1070. The van der Waals surface area contributed by atoms with E-state index in [0.29, 0.717) is 30.4 Å². The van der Waals surface area contributed by atoms with Gasteiger partial charge >= 0.3 is 6.01 Å². The van der Waals surface area contributed by atoms with Crippen LogP contribution in [-0.2, 0) is 29.0 Å². The van der Waals surface area contributed by atoms with E-state index in [4.69, 9.17) is 9.47 Å². The van der Waals surface area contributed by atoms with Crippen LogP contribution in [0.25, 0.3) is 0 Å². The number of hydrogen-bond donors (Lipinski definition) is 0. The summed E-state index contributed by atoms with van der Waals surface area (Å²) in [5.74, 6) is 0. The lowest BCUT2D eigenvalue weighted by Gasteiger charge is -2.45. The Balaban J connectivity index is 1.37. The van der Waals surface area contributed by atoms with Crippen molar-refractivity contribution in [2.75, 3.05) is 13.2 Å². The largest absolute Gasteiger partial charge is 0.461 e. The molecule has 2 aromatic carbocycles. The Kier molecular flexibility index (Phi) is 5.91. The average Bonchev–Trinajstić information content (AvgIpc) is 3.48. The number of rotatable bonds is 7. The lowest BCUT2D eigenvalue weighted by atomic mass is 9.64. The molecule has 1 spiro atoms. The van der Waals surface area contributed by atoms with Gasteiger partial charge in [0.1, 0.15) is 26.3 Å². The first-order chi connectivity index (χ1) is 16.1. The summed E-state index contributed by atoms with van der Waals surface area (Å²) in [6.07, 6.45) is 5.26. The Hall–Kier alpha value is -2.80. The molecule has 1 saturated carbocycles. The Morgan fingerprint density at radius 2 is 1.73 bits per heavy atom. The number of alkyl halides is 2. The summed E-state index contributed by atoms with van der Waals surface area (Å²) in [7, 11) is 0. The molecule has 3 aromatic rings. The molecule has 0 amide bonds. The molecular formula is C26H29F2N3O2. The second-order valence-electron chi connectivity index (χ2n) is 9.45. The number of ether oxygens (including phenoxy) is 2. The van der Waals surface area contributed by atoms with Gasteiger partial charge in [-0.1, -0.05) is 53.6 Å². The van der Waals surface area contributed by atoms with Gasteiger partial charge in [-0.15, -0.1) is 5.10 Å². The molecule has 1 aromatic heterocycles. The minimum absolute atomic E-state index is 0.103. The molecule has 1 aliphatic heterocycles. The highest BCUT2D eigenvalue weighted by Crippen LogP contribution is 2.49. The van der Waals surface area contributed by atoms with E-state index in [1.807, 2.05) is 13.0 Å². The van der Waals surface area contributed by atoms with Crippen LogP contribution >= 0.6 is 0 Å². The Labute approximate surface area is 192 Å². The number of halogens is 2. The zero-order valence-corrected chi connectivity index (χ0v) is 18.8. The van der Waals surface area contributed by atoms with Crippen LogP contribution in [0.3, 0.4) is 0 Å². The van der Waals surface area contributed by atoms with Crippen molar-refractivity contribution in [2.45, 2.75) is 63.0 Å². The van der Waals surface area contributed by atoms with E-state index in [9.17, 15) is 8.78 Å². The number of hydrogen-bond acceptors (Lipinski definition) is 4. The molecule has 1 atom stereocenters. The third-order valence-corrected chi connectivity index (χ3v) is 7.48. The number of fused-ring (bicyclic) bond motifs is 2. The minimum atomic E-state index is -0.614. The van der Waals surface area contributed by atoms with Crippen molar-refractivity contribution >= 4 is 0 Å². The predicted octanol–water partition coefficient (Wildman–Crippen LogP) is 5.59. The molecule has 0 bridgehead atoms. The van der Waals surface area contributed by atoms with Gasteiger partial charge in [-0.3, -0.25) is 4.57 Å². The van der Waals surface area contributed by atoms with Gasteiger partial charge in [0.25, 0.3) is 0 Å². The molecule has 33 heavy (non-hydrogen) atoms. The molecule has 0 saturated heterocycles. The fraction of sp³-hybridized carbons (Fsp3) is 0.462. The standard InChI is InChI=1S/C26H29F2N3O2/c1-19(22-12-20(14-27)11-21(13-22)15-28)32-16-25(23-5-3-2-4-6-23)7-9-26(10-8-25)17-33-24-30-29-18-31(24)26/h2-6,11-13,18-19H,7-10,14-17H2,1H3/t19-,25?,26?/m1/s1. The van der Waals surface area contributed by atoms with E-state index in [0.717, 1.165) is 31.2 Å². The van der Waals surface area contributed by atoms with Gasteiger partial charge < -0.3 is 9.47 Å². The smallest absolute Gasteiger partial charge is 0.317 e. The normalized spacial score (nSPS) is 25.1. The van der Waals surface area contributed by atoms with E-state index < -0.39 is 13.3 Å². The van der Waals surface area contributed by atoms with Crippen LogP contribution in [0.15, 0.2) is 54.9 Å². The first-order valence-electron chi connectivity index (χ1n) is 11.5. The molecule has 0 N–H and O–H groups in total. The predicted molar refractivity (Wildman–Crippen MR) is 121 cm³/mol. The van der Waals surface area contributed by atoms with Crippen LogP contribution < -0.4 is 4.74 Å². The van der Waals surface area contributed by atoms with E-state index in [-0.39, 0.29) is 17.1 Å². The molecule has 5 nitrogen and oxygen atoms in total. The molecule has 174 valence electrons. The summed E-state index contributed by atoms with van der Waals surface area (Å²) < 4.78 is 40.9.